The van der Waals surface area contributed by atoms with Gasteiger partial charge >= 0.3 is 0 Å². The number of halogens is 1. The fraction of sp³-hybridized carbons (Fsp3) is 0.100. The molecule has 138 valence electrons. The number of nitrogens with zero attached hydrogens (tertiary/aromatic N) is 2. The number of aliphatic imine (C=N–C) groups is 1. The minimum atomic E-state index is -0.364. The molecule has 0 aliphatic heterocycles. The zero-order valence-electron chi connectivity index (χ0n) is 14.7. The first kappa shape index (κ1) is 18.2. The van der Waals surface area contributed by atoms with E-state index in [2.05, 4.69) is 15.3 Å². The molecule has 6 nitrogen and oxygen atoms in total. The molecule has 2 aromatic carbocycles. The van der Waals surface area contributed by atoms with Gasteiger partial charge in [-0.25, -0.2) is 14.4 Å². The first-order chi connectivity index (χ1) is 13.1. The van der Waals surface area contributed by atoms with E-state index in [4.69, 9.17) is 15.2 Å². The predicted molar refractivity (Wildman–Crippen MR) is 103 cm³/mol. The predicted octanol–water partition coefficient (Wildman–Crippen LogP) is 3.95. The number of anilines is 1. The molecule has 1 heterocycles. The number of hydrogen-bond acceptors (Lipinski definition) is 4. The quantitative estimate of drug-likeness (QED) is 0.510. The molecule has 27 heavy (non-hydrogen) atoms. The number of methoxy groups -OCH3 is 1. The molecular weight excluding hydrogens is 347 g/mol. The van der Waals surface area contributed by atoms with Crippen LogP contribution in [0.3, 0.4) is 0 Å². The van der Waals surface area contributed by atoms with Gasteiger partial charge in [0.05, 0.1) is 19.3 Å². The molecule has 3 N–H and O–H groups in total. The second-order valence-corrected chi connectivity index (χ2v) is 5.59. The van der Waals surface area contributed by atoms with E-state index in [9.17, 15) is 4.39 Å². The molecule has 0 radical (unpaired) electrons. The van der Waals surface area contributed by atoms with Crippen LogP contribution < -0.4 is 20.5 Å². The van der Waals surface area contributed by atoms with E-state index >= 15 is 0 Å². The highest BCUT2D eigenvalue weighted by Crippen LogP contribution is 2.23. The van der Waals surface area contributed by atoms with Gasteiger partial charge in [-0.05, 0) is 29.8 Å². The number of hydrogen-bond donors (Lipinski definition) is 2. The van der Waals surface area contributed by atoms with Crippen molar-refractivity contribution in [1.29, 1.82) is 0 Å². The van der Waals surface area contributed by atoms with Crippen LogP contribution in [0.25, 0.3) is 0 Å². The molecule has 0 saturated heterocycles. The molecule has 0 amide bonds. The molecule has 0 atom stereocenters. The van der Waals surface area contributed by atoms with Crippen molar-refractivity contribution < 1.29 is 13.9 Å². The largest absolute Gasteiger partial charge is 0.495 e. The van der Waals surface area contributed by atoms with Gasteiger partial charge in [-0.2, -0.15) is 0 Å². The standard InChI is InChI=1S/C20H19FN4O2/c1-26-18-8-3-2-7-17(18)25-20(22)24-13-14-9-10-19(23-12-14)27-16-6-4-5-15(21)11-16/h2-12H,13H2,1H3,(H3,22,24,25). The Morgan fingerprint density at radius 3 is 2.74 bits per heavy atom. The lowest BCUT2D eigenvalue weighted by atomic mass is 10.3. The monoisotopic (exact) mass is 366 g/mol. The van der Waals surface area contributed by atoms with Crippen LogP contribution in [-0.2, 0) is 6.54 Å². The normalized spacial score (nSPS) is 11.1. The van der Waals surface area contributed by atoms with Gasteiger partial charge in [-0.1, -0.05) is 24.3 Å². The van der Waals surface area contributed by atoms with Crippen molar-refractivity contribution in [2.75, 3.05) is 12.4 Å². The Balaban J connectivity index is 1.60. The zero-order valence-corrected chi connectivity index (χ0v) is 14.7. The van der Waals surface area contributed by atoms with E-state index in [1.165, 1.54) is 12.1 Å². The zero-order chi connectivity index (χ0) is 19.1. The highest BCUT2D eigenvalue weighted by molar-refractivity contribution is 5.93. The average Bonchev–Trinajstić information content (AvgIpc) is 2.68. The lowest BCUT2D eigenvalue weighted by Crippen LogP contribution is -2.22. The number of nitrogens with one attached hydrogen (secondary N) is 1. The lowest BCUT2D eigenvalue weighted by Gasteiger charge is -2.10. The molecule has 0 aliphatic rings. The van der Waals surface area contributed by atoms with Crippen molar-refractivity contribution >= 4 is 11.6 Å². The molecule has 0 unspecified atom stereocenters. The minimum absolute atomic E-state index is 0.264. The third kappa shape index (κ3) is 5.18. The van der Waals surface area contributed by atoms with Crippen molar-refractivity contribution in [1.82, 2.24) is 4.98 Å². The van der Waals surface area contributed by atoms with Crippen LogP contribution in [0.4, 0.5) is 10.1 Å². The van der Waals surface area contributed by atoms with Gasteiger partial charge in [-0.3, -0.25) is 0 Å². The summed E-state index contributed by atoms with van der Waals surface area (Å²) < 4.78 is 23.9. The van der Waals surface area contributed by atoms with Crippen molar-refractivity contribution in [3.05, 3.63) is 78.2 Å². The second kappa shape index (κ2) is 8.66. The molecule has 3 aromatic rings. The Morgan fingerprint density at radius 2 is 2.00 bits per heavy atom. The first-order valence-corrected chi connectivity index (χ1v) is 8.22. The van der Waals surface area contributed by atoms with Crippen LogP contribution in [0.1, 0.15) is 5.56 Å². The fourth-order valence-electron chi connectivity index (χ4n) is 2.32. The Morgan fingerprint density at radius 1 is 1.15 bits per heavy atom. The van der Waals surface area contributed by atoms with E-state index in [1.54, 1.807) is 31.5 Å². The summed E-state index contributed by atoms with van der Waals surface area (Å²) in [5.74, 6) is 1.33. The number of nitrogens with two attached hydrogens (primary N) is 1. The van der Waals surface area contributed by atoms with E-state index in [-0.39, 0.29) is 11.8 Å². The van der Waals surface area contributed by atoms with Gasteiger partial charge < -0.3 is 20.5 Å². The van der Waals surface area contributed by atoms with Crippen LogP contribution >= 0.6 is 0 Å². The van der Waals surface area contributed by atoms with Gasteiger partial charge in [-0.15, -0.1) is 0 Å². The van der Waals surface area contributed by atoms with E-state index in [0.29, 0.717) is 23.9 Å². The minimum Gasteiger partial charge on any atom is -0.495 e. The van der Waals surface area contributed by atoms with Crippen LogP contribution in [0.5, 0.6) is 17.4 Å². The molecule has 0 saturated carbocycles. The molecule has 3 rings (SSSR count). The van der Waals surface area contributed by atoms with Crippen molar-refractivity contribution in [3.8, 4) is 17.4 Å². The Kier molecular flexibility index (Phi) is 5.84. The molecule has 0 fully saturated rings. The molecule has 0 spiro atoms. The number of rotatable bonds is 6. The summed E-state index contributed by atoms with van der Waals surface area (Å²) in [6.45, 7) is 0.348. The van der Waals surface area contributed by atoms with E-state index < -0.39 is 0 Å². The van der Waals surface area contributed by atoms with Crippen LogP contribution in [-0.4, -0.2) is 18.1 Å². The summed E-state index contributed by atoms with van der Waals surface area (Å²) in [5.41, 5.74) is 7.51. The van der Waals surface area contributed by atoms with Crippen molar-refractivity contribution in [2.45, 2.75) is 6.54 Å². The highest BCUT2D eigenvalue weighted by Gasteiger charge is 2.03. The topological polar surface area (TPSA) is 81.8 Å². The van der Waals surface area contributed by atoms with Gasteiger partial charge in [0, 0.05) is 18.3 Å². The molecule has 0 aliphatic carbocycles. The number of ether oxygens (including phenoxy) is 2. The number of benzene rings is 2. The Bertz CT molecular complexity index is 929. The molecule has 0 bridgehead atoms. The van der Waals surface area contributed by atoms with E-state index in [1.807, 2.05) is 30.3 Å². The Hall–Kier alpha value is -3.61. The third-order valence-electron chi connectivity index (χ3n) is 3.62. The van der Waals surface area contributed by atoms with Gasteiger partial charge in [0.25, 0.3) is 0 Å². The number of para-hydroxylation sites is 2. The summed E-state index contributed by atoms with van der Waals surface area (Å²) in [7, 11) is 1.59. The molecular formula is C20H19FN4O2. The maximum atomic E-state index is 13.2. The van der Waals surface area contributed by atoms with Crippen molar-refractivity contribution in [2.24, 2.45) is 10.7 Å². The Labute approximate surface area is 156 Å². The lowest BCUT2D eigenvalue weighted by molar-refractivity contribution is 0.417. The maximum absolute atomic E-state index is 13.2. The van der Waals surface area contributed by atoms with Crippen LogP contribution in [0, 0.1) is 5.82 Å². The maximum Gasteiger partial charge on any atom is 0.219 e. The van der Waals surface area contributed by atoms with Crippen LogP contribution in [0.2, 0.25) is 0 Å². The average molecular weight is 366 g/mol. The molecule has 7 heteroatoms. The summed E-state index contributed by atoms with van der Waals surface area (Å²) in [5, 5.41) is 3.00. The SMILES string of the molecule is COc1ccccc1NC(N)=NCc1ccc(Oc2cccc(F)c2)nc1. The summed E-state index contributed by atoms with van der Waals surface area (Å²) in [6, 6.07) is 16.8. The third-order valence-corrected chi connectivity index (χ3v) is 3.62. The second-order valence-electron chi connectivity index (χ2n) is 5.59. The molecule has 1 aromatic heterocycles. The first-order valence-electron chi connectivity index (χ1n) is 8.22. The van der Waals surface area contributed by atoms with Crippen LogP contribution in [0.15, 0.2) is 71.9 Å². The van der Waals surface area contributed by atoms with E-state index in [0.717, 1.165) is 11.3 Å². The van der Waals surface area contributed by atoms with Gasteiger partial charge in [0.1, 0.15) is 17.3 Å². The summed E-state index contributed by atoms with van der Waals surface area (Å²) in [4.78, 5) is 8.49. The van der Waals surface area contributed by atoms with Crippen molar-refractivity contribution in [3.63, 3.8) is 0 Å². The summed E-state index contributed by atoms with van der Waals surface area (Å²) >= 11 is 0. The summed E-state index contributed by atoms with van der Waals surface area (Å²) in [6.07, 6.45) is 1.63. The van der Waals surface area contributed by atoms with Gasteiger partial charge in [0.15, 0.2) is 5.96 Å². The fourth-order valence-corrected chi connectivity index (χ4v) is 2.32. The number of aromatic nitrogens is 1. The number of pyridine rings is 1. The van der Waals surface area contributed by atoms with Gasteiger partial charge in [0.2, 0.25) is 5.88 Å². The number of guanidine groups is 1. The highest BCUT2D eigenvalue weighted by atomic mass is 19.1. The smallest absolute Gasteiger partial charge is 0.219 e.